The fourth-order valence-corrected chi connectivity index (χ4v) is 3.97. The number of ether oxygens (including phenoxy) is 3. The first-order valence-electron chi connectivity index (χ1n) is 11.1. The fraction of sp³-hybridized carbons (Fsp3) is 0.231. The molecule has 1 aliphatic rings. The van der Waals surface area contributed by atoms with Crippen molar-refractivity contribution < 1.29 is 18.6 Å². The summed E-state index contributed by atoms with van der Waals surface area (Å²) in [4.78, 5) is 8.82. The maximum Gasteiger partial charge on any atom is 0.163 e. The number of nitrogens with zero attached hydrogens (tertiary/aromatic N) is 2. The summed E-state index contributed by atoms with van der Waals surface area (Å²) >= 11 is 5.94. The second-order valence-electron chi connectivity index (χ2n) is 8.00. The molecule has 0 spiro atoms. The van der Waals surface area contributed by atoms with Crippen molar-refractivity contribution in [2.45, 2.75) is 25.6 Å². The van der Waals surface area contributed by atoms with E-state index in [-0.39, 0.29) is 11.1 Å². The van der Waals surface area contributed by atoms with E-state index >= 15 is 0 Å². The van der Waals surface area contributed by atoms with Crippen molar-refractivity contribution in [3.63, 3.8) is 0 Å². The molecule has 1 aliphatic heterocycles. The molecular formula is C26H23ClFN3O3. The molecule has 1 fully saturated rings. The van der Waals surface area contributed by atoms with Crippen LogP contribution in [0.4, 0.5) is 15.9 Å². The number of hydrogen-bond donors (Lipinski definition) is 1. The minimum absolute atomic E-state index is 0.0298. The average Bonchev–Trinajstić information content (AvgIpc) is 2.87. The molecule has 8 heteroatoms. The van der Waals surface area contributed by atoms with E-state index < -0.39 is 5.82 Å². The van der Waals surface area contributed by atoms with E-state index in [1.807, 2.05) is 42.5 Å². The third-order valence-corrected chi connectivity index (χ3v) is 5.87. The van der Waals surface area contributed by atoms with Crippen molar-refractivity contribution in [1.29, 1.82) is 0 Å². The predicted octanol–water partition coefficient (Wildman–Crippen LogP) is 6.30. The Morgan fingerprint density at radius 2 is 1.82 bits per heavy atom. The smallest absolute Gasteiger partial charge is 0.163 e. The first kappa shape index (κ1) is 22.4. The van der Waals surface area contributed by atoms with Crippen molar-refractivity contribution in [3.05, 3.63) is 83.4 Å². The molecule has 4 aromatic rings. The highest BCUT2D eigenvalue weighted by Crippen LogP contribution is 2.37. The zero-order valence-corrected chi connectivity index (χ0v) is 19.1. The van der Waals surface area contributed by atoms with Crippen LogP contribution in [0.3, 0.4) is 0 Å². The Balaban J connectivity index is 1.49. The standard InChI is InChI=1S/C26H23ClFN3O3/c27-21-12-18(6-7-22(21)28)31-26-20-13-25(34-19-8-10-32-11-9-19)24(14-23(20)29-16-30-26)33-15-17-4-2-1-3-5-17/h1-7,12-14,16,19H,8-11,15H2,(H,29,30,31). The molecular weight excluding hydrogens is 457 g/mol. The Bertz CT molecular complexity index is 1280. The van der Waals surface area contributed by atoms with Gasteiger partial charge in [-0.3, -0.25) is 0 Å². The summed E-state index contributed by atoms with van der Waals surface area (Å²) < 4.78 is 31.6. The second kappa shape index (κ2) is 10.2. The monoisotopic (exact) mass is 479 g/mol. The summed E-state index contributed by atoms with van der Waals surface area (Å²) in [6, 6.07) is 18.1. The lowest BCUT2D eigenvalue weighted by atomic mass is 10.1. The normalized spacial score (nSPS) is 14.2. The number of nitrogens with one attached hydrogen (secondary N) is 1. The van der Waals surface area contributed by atoms with Gasteiger partial charge < -0.3 is 19.5 Å². The SMILES string of the molecule is Fc1ccc(Nc2ncnc3cc(OCc4ccccc4)c(OC4CCOCC4)cc23)cc1Cl. The average molecular weight is 480 g/mol. The van der Waals surface area contributed by atoms with Crippen LogP contribution in [0, 0.1) is 5.82 Å². The number of halogens is 2. The van der Waals surface area contributed by atoms with Gasteiger partial charge >= 0.3 is 0 Å². The van der Waals surface area contributed by atoms with Gasteiger partial charge in [-0.15, -0.1) is 0 Å². The first-order valence-corrected chi connectivity index (χ1v) is 11.5. The minimum Gasteiger partial charge on any atom is -0.486 e. The van der Waals surface area contributed by atoms with Crippen LogP contribution in [0.25, 0.3) is 10.9 Å². The van der Waals surface area contributed by atoms with Crippen LogP contribution >= 0.6 is 11.6 Å². The van der Waals surface area contributed by atoms with E-state index in [1.54, 1.807) is 6.07 Å². The van der Waals surface area contributed by atoms with Gasteiger partial charge in [0.1, 0.15) is 30.7 Å². The lowest BCUT2D eigenvalue weighted by Crippen LogP contribution is -2.26. The van der Waals surface area contributed by atoms with Gasteiger partial charge in [-0.2, -0.15) is 0 Å². The molecule has 0 aliphatic carbocycles. The second-order valence-corrected chi connectivity index (χ2v) is 8.40. The van der Waals surface area contributed by atoms with E-state index in [4.69, 9.17) is 25.8 Å². The van der Waals surface area contributed by atoms with Crippen LogP contribution in [0.1, 0.15) is 18.4 Å². The summed E-state index contributed by atoms with van der Waals surface area (Å²) in [6.07, 6.45) is 3.11. The first-order chi connectivity index (χ1) is 16.7. The molecule has 1 N–H and O–H groups in total. The maximum absolute atomic E-state index is 13.6. The molecule has 0 atom stereocenters. The van der Waals surface area contributed by atoms with Crippen LogP contribution in [0.15, 0.2) is 67.0 Å². The highest BCUT2D eigenvalue weighted by molar-refractivity contribution is 6.31. The lowest BCUT2D eigenvalue weighted by Gasteiger charge is -2.25. The molecule has 1 aromatic heterocycles. The third-order valence-electron chi connectivity index (χ3n) is 5.58. The third kappa shape index (κ3) is 5.21. The maximum atomic E-state index is 13.6. The van der Waals surface area contributed by atoms with Crippen molar-refractivity contribution in [1.82, 2.24) is 9.97 Å². The van der Waals surface area contributed by atoms with Crippen LogP contribution in [0.5, 0.6) is 11.5 Å². The highest BCUT2D eigenvalue weighted by Gasteiger charge is 2.20. The number of rotatable bonds is 7. The number of fused-ring (bicyclic) bond motifs is 1. The molecule has 0 saturated carbocycles. The van der Waals surface area contributed by atoms with E-state index in [1.165, 1.54) is 18.5 Å². The number of benzene rings is 3. The predicted molar refractivity (Wildman–Crippen MR) is 129 cm³/mol. The zero-order chi connectivity index (χ0) is 23.3. The molecule has 2 heterocycles. The molecule has 5 rings (SSSR count). The van der Waals surface area contributed by atoms with Gasteiger partial charge in [-0.1, -0.05) is 41.9 Å². The summed E-state index contributed by atoms with van der Waals surface area (Å²) in [5.41, 5.74) is 2.36. The topological polar surface area (TPSA) is 65.5 Å². The number of aromatic nitrogens is 2. The van der Waals surface area contributed by atoms with Gasteiger partial charge in [0, 0.05) is 30.0 Å². The van der Waals surface area contributed by atoms with Gasteiger partial charge in [0.25, 0.3) is 0 Å². The molecule has 3 aromatic carbocycles. The summed E-state index contributed by atoms with van der Waals surface area (Å²) in [6.45, 7) is 1.74. The number of anilines is 2. The molecule has 0 unspecified atom stereocenters. The lowest BCUT2D eigenvalue weighted by molar-refractivity contribution is 0.0242. The van der Waals surface area contributed by atoms with E-state index in [0.29, 0.717) is 48.3 Å². The molecule has 34 heavy (non-hydrogen) atoms. The van der Waals surface area contributed by atoms with Gasteiger partial charge in [0.2, 0.25) is 0 Å². The largest absolute Gasteiger partial charge is 0.486 e. The molecule has 174 valence electrons. The highest BCUT2D eigenvalue weighted by atomic mass is 35.5. The summed E-state index contributed by atoms with van der Waals surface area (Å²) in [7, 11) is 0. The Hall–Kier alpha value is -3.42. The summed E-state index contributed by atoms with van der Waals surface area (Å²) in [5, 5.41) is 3.98. The van der Waals surface area contributed by atoms with Gasteiger partial charge in [0.15, 0.2) is 11.5 Å². The van der Waals surface area contributed by atoms with Crippen LogP contribution in [0.2, 0.25) is 5.02 Å². The Labute approximate surface area is 201 Å². The Morgan fingerprint density at radius 3 is 2.62 bits per heavy atom. The minimum atomic E-state index is -0.480. The van der Waals surface area contributed by atoms with Crippen molar-refractivity contribution in [3.8, 4) is 11.5 Å². The Kier molecular flexibility index (Phi) is 6.74. The molecule has 0 bridgehead atoms. The van der Waals surface area contributed by atoms with E-state index in [0.717, 1.165) is 23.8 Å². The van der Waals surface area contributed by atoms with Crippen LogP contribution in [-0.4, -0.2) is 29.3 Å². The summed E-state index contributed by atoms with van der Waals surface area (Å²) in [5.74, 6) is 1.30. The van der Waals surface area contributed by atoms with Crippen molar-refractivity contribution >= 4 is 34.0 Å². The molecule has 6 nitrogen and oxygen atoms in total. The number of hydrogen-bond acceptors (Lipinski definition) is 6. The van der Waals surface area contributed by atoms with Crippen molar-refractivity contribution in [2.75, 3.05) is 18.5 Å². The van der Waals surface area contributed by atoms with Gasteiger partial charge in [-0.25, -0.2) is 14.4 Å². The van der Waals surface area contributed by atoms with E-state index in [9.17, 15) is 4.39 Å². The van der Waals surface area contributed by atoms with Gasteiger partial charge in [0.05, 0.1) is 23.8 Å². The van der Waals surface area contributed by atoms with Crippen molar-refractivity contribution in [2.24, 2.45) is 0 Å². The molecule has 0 amide bonds. The van der Waals surface area contributed by atoms with Crippen LogP contribution in [-0.2, 0) is 11.3 Å². The van der Waals surface area contributed by atoms with Crippen LogP contribution < -0.4 is 14.8 Å². The fourth-order valence-electron chi connectivity index (χ4n) is 3.79. The Morgan fingerprint density at radius 1 is 1.00 bits per heavy atom. The van der Waals surface area contributed by atoms with E-state index in [2.05, 4.69) is 15.3 Å². The zero-order valence-electron chi connectivity index (χ0n) is 18.3. The van der Waals surface area contributed by atoms with Gasteiger partial charge in [-0.05, 0) is 29.8 Å². The molecule has 0 radical (unpaired) electrons. The molecule has 1 saturated heterocycles. The quantitative estimate of drug-likeness (QED) is 0.335.